The molecule has 2 heterocycles. The van der Waals surface area contributed by atoms with Crippen molar-refractivity contribution in [2.24, 2.45) is 0 Å². The van der Waals surface area contributed by atoms with E-state index in [4.69, 9.17) is 9.84 Å². The van der Waals surface area contributed by atoms with E-state index in [0.717, 1.165) is 0 Å². The van der Waals surface area contributed by atoms with Crippen molar-refractivity contribution in [1.82, 2.24) is 36.4 Å². The highest BCUT2D eigenvalue weighted by Crippen LogP contribution is 2.49. The largest absolute Gasteiger partial charge is 0.481 e. The minimum atomic E-state index is -4.66. The number of nitrogens with one attached hydrogen (secondary N) is 5. The average Bonchev–Trinajstić information content (AvgIpc) is 1.59. The molecule has 0 saturated heterocycles. The summed E-state index contributed by atoms with van der Waals surface area (Å²) in [6.07, 6.45) is 7.28. The van der Waals surface area contributed by atoms with Gasteiger partial charge in [-0.1, -0.05) is 62.4 Å². The number of fused-ring (bicyclic) bond motifs is 2. The van der Waals surface area contributed by atoms with E-state index in [9.17, 15) is 106 Å². The summed E-state index contributed by atoms with van der Waals surface area (Å²) in [5.74, 6) is -7.89. The Bertz CT molecular complexity index is 4870. The highest BCUT2D eigenvalue weighted by atomic mass is 32.2. The highest BCUT2D eigenvalue weighted by Gasteiger charge is 2.46. The number of ether oxygens (including phenoxy) is 1. The molecule has 0 fully saturated rings. The average molecular weight is 1670 g/mol. The second-order valence-electron chi connectivity index (χ2n) is 29.3. The first-order chi connectivity index (χ1) is 53.3. The maximum absolute atomic E-state index is 14.3. The van der Waals surface area contributed by atoms with Crippen LogP contribution in [0.5, 0.6) is 5.75 Å². The fourth-order valence-corrected chi connectivity index (χ4v) is 15.7. The summed E-state index contributed by atoms with van der Waals surface area (Å²) in [5, 5.41) is 50.6. The normalized spacial score (nSPS) is 16.6. The number of hydrogen-bond donors (Lipinski definition) is 13. The SMILES string of the molecule is CN(CCNC(=O)[C@H](CCC(=O)O)NC(=O)N[C@@H](CCC(=O)O)C(=O)O)CCN(C)CCC(=O)N[C@@H](Cc1ccccc1)C(=O)N[C@@H](Cc1ccc(OC2=C(/C=C/C3=[N+](CCCCS(=O)(=O)O)c4ccc(S(=O)(=O)O)cc4C3(C)C)CCC/C2=C\C=C2\N(CCCCS(=O)(=O)O)c3ccc(S(=O)(=O)O)cc3C2(C)C)cc1)C(=O)O. The lowest BCUT2D eigenvalue weighted by Crippen LogP contribution is -2.54. The number of carboxylic acids is 4. The van der Waals surface area contributed by atoms with Crippen molar-refractivity contribution in [2.45, 2.75) is 162 Å². The Hall–Kier alpha value is -9.77. The summed E-state index contributed by atoms with van der Waals surface area (Å²) >= 11 is 0. The molecule has 34 nitrogen and oxygen atoms in total. The molecule has 4 atom stereocenters. The quantitative estimate of drug-likeness (QED) is 0.0145. The van der Waals surface area contributed by atoms with Gasteiger partial charge in [-0.2, -0.15) is 38.2 Å². The van der Waals surface area contributed by atoms with Crippen LogP contribution in [0.1, 0.15) is 127 Å². The van der Waals surface area contributed by atoms with E-state index in [2.05, 4.69) is 26.6 Å². The summed E-state index contributed by atoms with van der Waals surface area (Å²) in [6, 6.07) is 16.7. The third-order valence-corrected chi connectivity index (χ3v) is 23.1. The molecule has 7 rings (SSSR count). The van der Waals surface area contributed by atoms with Crippen molar-refractivity contribution in [3.63, 3.8) is 0 Å². The summed E-state index contributed by atoms with van der Waals surface area (Å²) in [4.78, 5) is 106. The zero-order valence-electron chi connectivity index (χ0n) is 64.0. The molecular formula is C76H100N9O25S4+. The number of carbonyl (C=O) groups excluding carboxylic acids is 4. The molecule has 0 spiro atoms. The summed E-state index contributed by atoms with van der Waals surface area (Å²) in [7, 11) is -14.4. The lowest BCUT2D eigenvalue weighted by Gasteiger charge is -2.27. The molecule has 0 bridgehead atoms. The van der Waals surface area contributed by atoms with Gasteiger partial charge in [-0.3, -0.25) is 42.2 Å². The summed E-state index contributed by atoms with van der Waals surface area (Å²) in [6.45, 7) is 9.21. The van der Waals surface area contributed by atoms with Crippen LogP contribution in [-0.4, -0.2) is 236 Å². The van der Waals surface area contributed by atoms with Crippen LogP contribution in [0.15, 0.2) is 148 Å². The zero-order chi connectivity index (χ0) is 84.3. The molecule has 0 aromatic heterocycles. The van der Waals surface area contributed by atoms with Crippen LogP contribution in [0.25, 0.3) is 0 Å². The Kier molecular flexibility index (Phi) is 32.1. The number of amides is 5. The Morgan fingerprint density at radius 2 is 1.13 bits per heavy atom. The van der Waals surface area contributed by atoms with Gasteiger partial charge in [0.05, 0.1) is 26.7 Å². The van der Waals surface area contributed by atoms with Gasteiger partial charge < -0.3 is 66.4 Å². The molecule has 114 heavy (non-hydrogen) atoms. The molecule has 0 saturated carbocycles. The molecule has 2 aliphatic heterocycles. The number of rotatable bonds is 44. The first kappa shape index (κ1) is 91.4. The van der Waals surface area contributed by atoms with Crippen LogP contribution in [0.3, 0.4) is 0 Å². The lowest BCUT2D eigenvalue weighted by atomic mass is 9.81. The molecule has 3 aliphatic rings. The van der Waals surface area contributed by atoms with Gasteiger partial charge in [-0.15, -0.1) is 0 Å². The van der Waals surface area contributed by atoms with Gasteiger partial charge >= 0.3 is 29.9 Å². The molecule has 4 aromatic rings. The number of unbranched alkanes of at least 4 members (excludes halogenated alkanes) is 2. The Morgan fingerprint density at radius 1 is 0.570 bits per heavy atom. The number of anilines is 1. The molecule has 622 valence electrons. The van der Waals surface area contributed by atoms with E-state index in [1.54, 1.807) is 80.8 Å². The van der Waals surface area contributed by atoms with Gasteiger partial charge in [0.25, 0.3) is 40.5 Å². The Morgan fingerprint density at radius 3 is 1.73 bits per heavy atom. The predicted octanol–water partition coefficient (Wildman–Crippen LogP) is 5.63. The highest BCUT2D eigenvalue weighted by molar-refractivity contribution is 7.86. The number of aliphatic carboxylic acids is 4. The van der Waals surface area contributed by atoms with E-state index in [0.29, 0.717) is 94.3 Å². The molecule has 0 radical (unpaired) electrons. The van der Waals surface area contributed by atoms with Crippen LogP contribution in [-0.2, 0) is 97.7 Å². The molecule has 0 unspecified atom stereocenters. The number of benzene rings is 4. The second kappa shape index (κ2) is 40.0. The minimum absolute atomic E-state index is 0.0142. The van der Waals surface area contributed by atoms with Crippen LogP contribution in [0.4, 0.5) is 16.2 Å². The first-order valence-corrected chi connectivity index (χ1v) is 42.8. The summed E-state index contributed by atoms with van der Waals surface area (Å²) in [5.41, 5.74) is 4.06. The van der Waals surface area contributed by atoms with Crippen molar-refractivity contribution < 1.29 is 120 Å². The van der Waals surface area contributed by atoms with Crippen molar-refractivity contribution in [2.75, 3.05) is 76.3 Å². The molecule has 13 N–H and O–H groups in total. The number of carbonyl (C=O) groups is 8. The molecule has 5 amide bonds. The van der Waals surface area contributed by atoms with Crippen molar-refractivity contribution in [3.8, 4) is 5.75 Å². The van der Waals surface area contributed by atoms with Gasteiger partial charge in [0.15, 0.2) is 5.71 Å². The van der Waals surface area contributed by atoms with E-state index < -0.39 is 154 Å². The Labute approximate surface area is 662 Å². The van der Waals surface area contributed by atoms with Crippen LogP contribution < -0.4 is 36.2 Å². The second-order valence-corrected chi connectivity index (χ2v) is 35.2. The van der Waals surface area contributed by atoms with E-state index >= 15 is 0 Å². The van der Waals surface area contributed by atoms with Gasteiger partial charge in [0.2, 0.25) is 23.4 Å². The lowest BCUT2D eigenvalue weighted by molar-refractivity contribution is -0.438. The minimum Gasteiger partial charge on any atom is -0.481 e. The van der Waals surface area contributed by atoms with Crippen LogP contribution >= 0.6 is 0 Å². The number of likely N-dealkylation sites (N-methyl/N-ethyl adjacent to an activating group) is 2. The first-order valence-electron chi connectivity index (χ1n) is 36.7. The summed E-state index contributed by atoms with van der Waals surface area (Å²) < 4.78 is 145. The van der Waals surface area contributed by atoms with Gasteiger partial charge in [0, 0.05) is 112 Å². The third kappa shape index (κ3) is 27.2. The number of carboxylic acid groups (broad SMARTS) is 4. The standard InChI is InChI=1S/C76H99N9O25S4/c1-75(2)56-47-54(113(104,105)106)25-29-62(56)84(37-10-12-43-111(98,99)100)64(75)31-21-51-17-14-18-52(22-32-65-76(3,4)57-48-55(114(107,108)109)26-30-63(57)85(65)38-11-13-44-112(101,102)103)69(51)110-53-23-19-50(20-24-53)46-61(73(95)96)79-71(92)60(45-49-15-8-7-9-16-49)78-66(86)35-39-82(5)41-42-83(6)40-36-77-70(91)58(27-33-67(87)88)80-74(97)81-59(72(93)94)28-34-68(89)90/h7-9,15-16,19-26,29-32,47-48,58-61H,10-14,17-18,27-28,33-46H2,1-6H3,(H12-,77,78,79,80,81,86,87,88,89,90,91,92,93,94,95,96,97,98,99,100,101,102,103,104,105,106,107,108,109)/p+1/t58-,59-,60-,61-/m0/s1. The van der Waals surface area contributed by atoms with Gasteiger partial charge in [0.1, 0.15) is 42.2 Å². The zero-order valence-corrected chi connectivity index (χ0v) is 67.2. The van der Waals surface area contributed by atoms with Gasteiger partial charge in [-0.05, 0) is 162 Å². The number of urea groups is 1. The fraction of sp³-hybridized carbons (Fsp3) is 0.461. The van der Waals surface area contributed by atoms with Gasteiger partial charge in [-0.25, -0.2) is 14.4 Å². The molecule has 4 aromatic carbocycles. The van der Waals surface area contributed by atoms with Crippen molar-refractivity contribution in [1.29, 1.82) is 0 Å². The van der Waals surface area contributed by atoms with Crippen molar-refractivity contribution >= 4 is 105 Å². The predicted molar refractivity (Wildman–Crippen MR) is 419 cm³/mol. The monoisotopic (exact) mass is 1670 g/mol. The maximum Gasteiger partial charge on any atom is 0.326 e. The molecular weight excluding hydrogens is 1570 g/mol. The van der Waals surface area contributed by atoms with E-state index in [1.165, 1.54) is 24.3 Å². The smallest absolute Gasteiger partial charge is 0.326 e. The van der Waals surface area contributed by atoms with E-state index in [1.807, 2.05) is 71.3 Å². The number of hydrogen-bond acceptors (Lipinski definition) is 20. The Balaban J connectivity index is 1.10. The maximum atomic E-state index is 14.3. The third-order valence-electron chi connectivity index (χ3n) is 19.8. The molecule has 38 heteroatoms. The van der Waals surface area contributed by atoms with Crippen molar-refractivity contribution in [3.05, 3.63) is 160 Å². The van der Waals surface area contributed by atoms with Crippen LogP contribution in [0.2, 0.25) is 0 Å². The fourth-order valence-electron chi connectivity index (χ4n) is 13.5. The number of nitrogens with zero attached hydrogens (tertiary/aromatic N) is 4. The van der Waals surface area contributed by atoms with Crippen LogP contribution in [0, 0.1) is 0 Å². The number of allylic oxidation sites excluding steroid dienone is 7. The topological polar surface area (TPSA) is 517 Å². The molecule has 1 aliphatic carbocycles. The van der Waals surface area contributed by atoms with E-state index in [-0.39, 0.29) is 99.6 Å².